The lowest BCUT2D eigenvalue weighted by molar-refractivity contribution is 0.287. The van der Waals surface area contributed by atoms with Crippen LogP contribution in [0.4, 0.5) is 0 Å². The van der Waals surface area contributed by atoms with E-state index >= 15 is 0 Å². The summed E-state index contributed by atoms with van der Waals surface area (Å²) in [6.45, 7) is 0.494. The minimum Gasteiger partial charge on any atom is -0.492 e. The van der Waals surface area contributed by atoms with Gasteiger partial charge in [-0.25, -0.2) is 0 Å². The summed E-state index contributed by atoms with van der Waals surface area (Å²) in [4.78, 5) is 0. The van der Waals surface area contributed by atoms with Crippen LogP contribution in [0.3, 0.4) is 0 Å². The Hall–Kier alpha value is -0.780. The van der Waals surface area contributed by atoms with Gasteiger partial charge in [0.1, 0.15) is 12.4 Å². The van der Waals surface area contributed by atoms with Gasteiger partial charge >= 0.3 is 0 Å². The molecule has 0 aliphatic heterocycles. The van der Waals surface area contributed by atoms with Gasteiger partial charge in [0.2, 0.25) is 0 Å². The molecular formula is C15H15ClINO. The van der Waals surface area contributed by atoms with E-state index in [2.05, 4.69) is 46.9 Å². The molecule has 0 spiro atoms. The monoisotopic (exact) mass is 387 g/mol. The summed E-state index contributed by atoms with van der Waals surface area (Å²) in [6.07, 6.45) is 0.810. The van der Waals surface area contributed by atoms with E-state index in [4.69, 9.17) is 22.1 Å². The van der Waals surface area contributed by atoms with Crippen molar-refractivity contribution in [3.05, 3.63) is 62.7 Å². The van der Waals surface area contributed by atoms with E-state index in [1.54, 1.807) is 0 Å². The van der Waals surface area contributed by atoms with Crippen molar-refractivity contribution in [2.24, 2.45) is 5.73 Å². The highest BCUT2D eigenvalue weighted by atomic mass is 127. The van der Waals surface area contributed by atoms with Crippen LogP contribution in [-0.4, -0.2) is 12.6 Å². The first-order chi connectivity index (χ1) is 9.13. The zero-order chi connectivity index (χ0) is 13.7. The minimum atomic E-state index is -0.0178. The van der Waals surface area contributed by atoms with Crippen LogP contribution in [0.25, 0.3) is 0 Å². The first-order valence-corrected chi connectivity index (χ1v) is 7.47. The van der Waals surface area contributed by atoms with Crippen LogP contribution in [0.5, 0.6) is 5.75 Å². The molecule has 0 radical (unpaired) electrons. The molecule has 1 unspecified atom stereocenters. The molecular weight excluding hydrogens is 373 g/mol. The van der Waals surface area contributed by atoms with Gasteiger partial charge in [-0.2, -0.15) is 0 Å². The highest BCUT2D eigenvalue weighted by Gasteiger charge is 2.05. The van der Waals surface area contributed by atoms with Crippen molar-refractivity contribution in [1.82, 2.24) is 0 Å². The molecule has 2 N–H and O–H groups in total. The van der Waals surface area contributed by atoms with E-state index in [0.717, 1.165) is 12.2 Å². The van der Waals surface area contributed by atoms with Crippen LogP contribution >= 0.6 is 34.2 Å². The first kappa shape index (κ1) is 14.6. The number of benzene rings is 2. The zero-order valence-corrected chi connectivity index (χ0v) is 13.3. The zero-order valence-electron chi connectivity index (χ0n) is 10.4. The summed E-state index contributed by atoms with van der Waals surface area (Å²) >= 11 is 8.10. The highest BCUT2D eigenvalue weighted by Crippen LogP contribution is 2.16. The van der Waals surface area contributed by atoms with E-state index in [0.29, 0.717) is 11.6 Å². The Morgan fingerprint density at radius 3 is 2.32 bits per heavy atom. The van der Waals surface area contributed by atoms with Crippen molar-refractivity contribution in [2.45, 2.75) is 12.5 Å². The molecule has 2 rings (SSSR count). The fraction of sp³-hybridized carbons (Fsp3) is 0.200. The summed E-state index contributed by atoms with van der Waals surface area (Å²) in [5, 5.41) is 0.704. The van der Waals surface area contributed by atoms with E-state index in [-0.39, 0.29) is 6.04 Å². The van der Waals surface area contributed by atoms with Crippen molar-refractivity contribution in [2.75, 3.05) is 6.61 Å². The lowest BCUT2D eigenvalue weighted by Gasteiger charge is -2.13. The molecule has 1 atom stereocenters. The lowest BCUT2D eigenvalue weighted by atomic mass is 10.1. The standard InChI is InChI=1S/C15H15ClINO/c16-12-3-7-15(8-4-12)19-10-14(18)9-11-1-5-13(17)6-2-11/h1-8,14H,9-10,18H2. The Labute approximate surface area is 132 Å². The Morgan fingerprint density at radius 1 is 1.05 bits per heavy atom. The average Bonchev–Trinajstić information content (AvgIpc) is 2.41. The summed E-state index contributed by atoms with van der Waals surface area (Å²) in [6, 6.07) is 15.7. The molecule has 0 aliphatic carbocycles. The summed E-state index contributed by atoms with van der Waals surface area (Å²) in [5.74, 6) is 0.794. The summed E-state index contributed by atoms with van der Waals surface area (Å²) < 4.78 is 6.86. The second kappa shape index (κ2) is 7.12. The molecule has 2 nitrogen and oxygen atoms in total. The van der Waals surface area contributed by atoms with Gasteiger partial charge in [-0.1, -0.05) is 23.7 Å². The number of halogens is 2. The molecule has 0 aliphatic rings. The molecule has 0 aromatic heterocycles. The van der Waals surface area contributed by atoms with Crippen molar-refractivity contribution in [3.63, 3.8) is 0 Å². The smallest absolute Gasteiger partial charge is 0.119 e. The Morgan fingerprint density at radius 2 is 1.68 bits per heavy atom. The molecule has 0 saturated carbocycles. The van der Waals surface area contributed by atoms with Gasteiger partial charge in [-0.15, -0.1) is 0 Å². The second-order valence-electron chi connectivity index (χ2n) is 4.36. The predicted molar refractivity (Wildman–Crippen MR) is 87.8 cm³/mol. The highest BCUT2D eigenvalue weighted by molar-refractivity contribution is 14.1. The van der Waals surface area contributed by atoms with E-state index in [1.807, 2.05) is 24.3 Å². The van der Waals surface area contributed by atoms with Crippen molar-refractivity contribution < 1.29 is 4.74 Å². The molecule has 0 bridgehead atoms. The van der Waals surface area contributed by atoms with Crippen molar-refractivity contribution in [3.8, 4) is 5.75 Å². The topological polar surface area (TPSA) is 35.2 Å². The molecule has 0 saturated heterocycles. The van der Waals surface area contributed by atoms with Crippen LogP contribution < -0.4 is 10.5 Å². The van der Waals surface area contributed by atoms with Crippen molar-refractivity contribution in [1.29, 1.82) is 0 Å². The number of ether oxygens (including phenoxy) is 1. The third kappa shape index (κ3) is 5.01. The Kier molecular flexibility index (Phi) is 5.48. The van der Waals surface area contributed by atoms with Gasteiger partial charge < -0.3 is 10.5 Å². The number of hydrogen-bond donors (Lipinski definition) is 1. The van der Waals surface area contributed by atoms with E-state index in [9.17, 15) is 0 Å². The largest absolute Gasteiger partial charge is 0.492 e. The van der Waals surface area contributed by atoms with Gasteiger partial charge in [0.25, 0.3) is 0 Å². The number of hydrogen-bond acceptors (Lipinski definition) is 2. The molecule has 2 aromatic rings. The Balaban J connectivity index is 1.82. The van der Waals surface area contributed by atoms with Crippen LogP contribution in [0.15, 0.2) is 48.5 Å². The van der Waals surface area contributed by atoms with E-state index < -0.39 is 0 Å². The van der Waals surface area contributed by atoms with Crippen LogP contribution in [0, 0.1) is 3.57 Å². The van der Waals surface area contributed by atoms with Gasteiger partial charge in [0.05, 0.1) is 0 Å². The fourth-order valence-corrected chi connectivity index (χ4v) is 2.20. The average molecular weight is 388 g/mol. The third-order valence-corrected chi connectivity index (χ3v) is 3.66. The normalized spacial score (nSPS) is 12.2. The van der Waals surface area contributed by atoms with Crippen molar-refractivity contribution >= 4 is 34.2 Å². The predicted octanol–water partition coefficient (Wildman–Crippen LogP) is 3.89. The third-order valence-electron chi connectivity index (χ3n) is 2.69. The van der Waals surface area contributed by atoms with E-state index in [1.165, 1.54) is 9.13 Å². The van der Waals surface area contributed by atoms with Crippen LogP contribution in [0.1, 0.15) is 5.56 Å². The van der Waals surface area contributed by atoms with Gasteiger partial charge in [-0.3, -0.25) is 0 Å². The molecule has 0 amide bonds. The van der Waals surface area contributed by atoms with Crippen LogP contribution in [0.2, 0.25) is 5.02 Å². The molecule has 100 valence electrons. The second-order valence-corrected chi connectivity index (χ2v) is 6.04. The van der Waals surface area contributed by atoms with Gasteiger partial charge in [0.15, 0.2) is 0 Å². The fourth-order valence-electron chi connectivity index (χ4n) is 1.72. The maximum absolute atomic E-state index is 6.07. The minimum absolute atomic E-state index is 0.0178. The molecule has 4 heteroatoms. The van der Waals surface area contributed by atoms with Gasteiger partial charge in [0, 0.05) is 14.6 Å². The maximum atomic E-state index is 6.07. The SMILES string of the molecule is NC(COc1ccc(Cl)cc1)Cc1ccc(I)cc1. The summed E-state index contributed by atoms with van der Waals surface area (Å²) in [5.41, 5.74) is 7.30. The maximum Gasteiger partial charge on any atom is 0.119 e. The van der Waals surface area contributed by atoms with Gasteiger partial charge in [-0.05, 0) is 71.0 Å². The summed E-state index contributed by atoms with van der Waals surface area (Å²) in [7, 11) is 0. The molecule has 0 heterocycles. The lowest BCUT2D eigenvalue weighted by Crippen LogP contribution is -2.30. The first-order valence-electron chi connectivity index (χ1n) is 6.02. The molecule has 19 heavy (non-hydrogen) atoms. The number of nitrogens with two attached hydrogens (primary N) is 1. The number of rotatable bonds is 5. The quantitative estimate of drug-likeness (QED) is 0.790. The van der Waals surface area contributed by atoms with Crippen LogP contribution in [-0.2, 0) is 6.42 Å². The molecule has 0 fully saturated rings. The Bertz CT molecular complexity index is 513. The molecule has 2 aromatic carbocycles.